The Labute approximate surface area is 155 Å². The van der Waals surface area contributed by atoms with Crippen molar-refractivity contribution in [2.45, 2.75) is 18.0 Å². The second-order valence-corrected chi connectivity index (χ2v) is 6.71. The molecular weight excluding hydrogens is 346 g/mol. The molecule has 0 amide bonds. The Bertz CT molecular complexity index is 952. The highest BCUT2D eigenvalue weighted by atomic mass is 32.2. The van der Waals surface area contributed by atoms with Crippen LogP contribution in [0.1, 0.15) is 12.3 Å². The van der Waals surface area contributed by atoms with Crippen molar-refractivity contribution in [2.24, 2.45) is 0 Å². The van der Waals surface area contributed by atoms with E-state index in [9.17, 15) is 0 Å². The number of para-hydroxylation sites is 1. The molecule has 0 spiro atoms. The van der Waals surface area contributed by atoms with Gasteiger partial charge in [-0.1, -0.05) is 65.4 Å². The summed E-state index contributed by atoms with van der Waals surface area (Å²) in [6.45, 7) is 0. The monoisotopic (exact) mass is 363 g/mol. The molecule has 0 aliphatic heterocycles. The molecule has 0 aliphatic rings. The van der Waals surface area contributed by atoms with Crippen molar-refractivity contribution in [1.29, 1.82) is 0 Å². The Hall–Kier alpha value is -2.93. The number of benzene rings is 2. The van der Waals surface area contributed by atoms with Crippen LogP contribution in [0.5, 0.6) is 0 Å². The molecule has 0 atom stereocenters. The molecule has 0 N–H and O–H groups in total. The van der Waals surface area contributed by atoms with E-state index >= 15 is 0 Å². The van der Waals surface area contributed by atoms with E-state index in [1.807, 2.05) is 65.2 Å². The largest absolute Gasteiger partial charge is 0.339 e. The fourth-order valence-corrected chi connectivity index (χ4v) is 3.40. The summed E-state index contributed by atoms with van der Waals surface area (Å²) < 4.78 is 7.34. The first-order valence-electron chi connectivity index (χ1n) is 8.36. The highest BCUT2D eigenvalue weighted by Gasteiger charge is 2.10. The summed E-state index contributed by atoms with van der Waals surface area (Å²) in [5, 5.41) is 13.2. The fourth-order valence-electron chi connectivity index (χ4n) is 2.54. The molecule has 130 valence electrons. The van der Waals surface area contributed by atoms with Crippen LogP contribution in [0.15, 0.2) is 76.7 Å². The first-order valence-corrected chi connectivity index (χ1v) is 9.35. The Morgan fingerprint density at radius 1 is 0.962 bits per heavy atom. The Morgan fingerprint density at radius 2 is 1.73 bits per heavy atom. The van der Waals surface area contributed by atoms with Crippen molar-refractivity contribution < 1.29 is 4.52 Å². The number of thioether (sulfide) groups is 1. The number of nitrogens with zero attached hydrogens (tertiary/aromatic N) is 5. The van der Waals surface area contributed by atoms with Crippen LogP contribution in [0.4, 0.5) is 0 Å². The van der Waals surface area contributed by atoms with Crippen molar-refractivity contribution in [2.75, 3.05) is 5.75 Å². The lowest BCUT2D eigenvalue weighted by Crippen LogP contribution is -1.96. The van der Waals surface area contributed by atoms with E-state index in [-0.39, 0.29) is 0 Å². The molecule has 0 aliphatic carbocycles. The third kappa shape index (κ3) is 3.83. The summed E-state index contributed by atoms with van der Waals surface area (Å²) in [4.78, 5) is 4.46. The maximum Gasteiger partial charge on any atom is 0.226 e. The number of hydrogen-bond donors (Lipinski definition) is 0. The minimum atomic E-state index is 0.636. The SMILES string of the molecule is c1ccc(-c2noc(CCCSc3nncn3-c3ccccc3)n2)cc1. The predicted molar refractivity (Wildman–Crippen MR) is 100 cm³/mol. The lowest BCUT2D eigenvalue weighted by Gasteiger charge is -2.05. The van der Waals surface area contributed by atoms with Gasteiger partial charge < -0.3 is 4.52 Å². The molecule has 0 radical (unpaired) electrons. The molecule has 7 heteroatoms. The van der Waals surface area contributed by atoms with Gasteiger partial charge in [0, 0.05) is 23.4 Å². The molecule has 2 aromatic carbocycles. The van der Waals surface area contributed by atoms with Crippen LogP contribution in [-0.4, -0.2) is 30.7 Å². The minimum Gasteiger partial charge on any atom is -0.339 e. The highest BCUT2D eigenvalue weighted by molar-refractivity contribution is 7.99. The van der Waals surface area contributed by atoms with Gasteiger partial charge >= 0.3 is 0 Å². The average Bonchev–Trinajstić information content (AvgIpc) is 3.36. The summed E-state index contributed by atoms with van der Waals surface area (Å²) >= 11 is 1.67. The van der Waals surface area contributed by atoms with E-state index in [0.29, 0.717) is 11.7 Å². The zero-order valence-corrected chi connectivity index (χ0v) is 14.8. The second kappa shape index (κ2) is 7.97. The van der Waals surface area contributed by atoms with Crippen LogP contribution >= 0.6 is 11.8 Å². The van der Waals surface area contributed by atoms with E-state index < -0.39 is 0 Å². The topological polar surface area (TPSA) is 69.6 Å². The normalized spacial score (nSPS) is 10.9. The van der Waals surface area contributed by atoms with E-state index in [2.05, 4.69) is 20.3 Å². The van der Waals surface area contributed by atoms with Crippen molar-refractivity contribution in [3.63, 3.8) is 0 Å². The number of hydrogen-bond acceptors (Lipinski definition) is 6. The molecule has 4 aromatic rings. The number of rotatable bonds is 7. The van der Waals surface area contributed by atoms with Gasteiger partial charge in [0.1, 0.15) is 6.33 Å². The predicted octanol–water partition coefficient (Wildman–Crippen LogP) is 4.04. The maximum absolute atomic E-state index is 5.35. The van der Waals surface area contributed by atoms with E-state index in [1.54, 1.807) is 18.1 Å². The second-order valence-electron chi connectivity index (χ2n) is 5.65. The molecule has 0 saturated heterocycles. The molecule has 2 aromatic heterocycles. The Morgan fingerprint density at radius 3 is 2.54 bits per heavy atom. The van der Waals surface area contributed by atoms with Crippen LogP contribution in [-0.2, 0) is 6.42 Å². The van der Waals surface area contributed by atoms with Crippen molar-refractivity contribution in [3.05, 3.63) is 72.9 Å². The molecule has 26 heavy (non-hydrogen) atoms. The summed E-state index contributed by atoms with van der Waals surface area (Å²) in [5.41, 5.74) is 2.03. The molecule has 0 saturated carbocycles. The summed E-state index contributed by atoms with van der Waals surface area (Å²) in [7, 11) is 0. The van der Waals surface area contributed by atoms with Crippen LogP contribution in [0, 0.1) is 0 Å². The van der Waals surface area contributed by atoms with Gasteiger partial charge in [-0.2, -0.15) is 4.98 Å². The Kier molecular flexibility index (Phi) is 5.07. The Balaban J connectivity index is 1.32. The van der Waals surface area contributed by atoms with Gasteiger partial charge in [0.2, 0.25) is 11.7 Å². The molecular formula is C19H17N5OS. The van der Waals surface area contributed by atoms with Crippen LogP contribution < -0.4 is 0 Å². The van der Waals surface area contributed by atoms with Gasteiger partial charge in [0.05, 0.1) is 0 Å². The van der Waals surface area contributed by atoms with E-state index in [0.717, 1.165) is 35.0 Å². The molecule has 0 unspecified atom stereocenters. The van der Waals surface area contributed by atoms with E-state index in [1.165, 1.54) is 0 Å². The highest BCUT2D eigenvalue weighted by Crippen LogP contribution is 2.21. The average molecular weight is 363 g/mol. The molecule has 0 bridgehead atoms. The number of aromatic nitrogens is 5. The van der Waals surface area contributed by atoms with E-state index in [4.69, 9.17) is 4.52 Å². The maximum atomic E-state index is 5.35. The number of aryl methyl sites for hydroxylation is 1. The standard InChI is InChI=1S/C19H17N5OS/c1-3-8-15(9-4-1)18-21-17(25-23-18)12-7-13-26-19-22-20-14-24(19)16-10-5-2-6-11-16/h1-6,8-11,14H,7,12-13H2. The van der Waals surface area contributed by atoms with Gasteiger partial charge in [0.15, 0.2) is 5.16 Å². The molecule has 6 nitrogen and oxygen atoms in total. The van der Waals surface area contributed by atoms with Crippen molar-refractivity contribution >= 4 is 11.8 Å². The lowest BCUT2D eigenvalue weighted by molar-refractivity contribution is 0.378. The molecule has 4 rings (SSSR count). The van der Waals surface area contributed by atoms with Gasteiger partial charge in [0.25, 0.3) is 0 Å². The zero-order valence-electron chi connectivity index (χ0n) is 14.0. The quantitative estimate of drug-likeness (QED) is 0.364. The van der Waals surface area contributed by atoms with Crippen LogP contribution in [0.2, 0.25) is 0 Å². The third-order valence-electron chi connectivity index (χ3n) is 3.82. The van der Waals surface area contributed by atoms with Gasteiger partial charge in [-0.05, 0) is 18.6 Å². The first kappa shape index (κ1) is 16.5. The van der Waals surface area contributed by atoms with Gasteiger partial charge in [-0.3, -0.25) is 4.57 Å². The smallest absolute Gasteiger partial charge is 0.226 e. The third-order valence-corrected chi connectivity index (χ3v) is 4.85. The summed E-state index contributed by atoms with van der Waals surface area (Å²) in [6, 6.07) is 19.9. The molecule has 0 fully saturated rings. The van der Waals surface area contributed by atoms with Gasteiger partial charge in [-0.15, -0.1) is 10.2 Å². The first-order chi connectivity index (χ1) is 12.9. The van der Waals surface area contributed by atoms with Crippen molar-refractivity contribution in [1.82, 2.24) is 24.9 Å². The van der Waals surface area contributed by atoms with Crippen LogP contribution in [0.25, 0.3) is 17.1 Å². The van der Waals surface area contributed by atoms with Crippen molar-refractivity contribution in [3.8, 4) is 17.1 Å². The zero-order chi connectivity index (χ0) is 17.6. The fraction of sp³-hybridized carbons (Fsp3) is 0.158. The lowest BCUT2D eigenvalue weighted by atomic mass is 10.2. The molecule has 2 heterocycles. The van der Waals surface area contributed by atoms with Crippen LogP contribution in [0.3, 0.4) is 0 Å². The summed E-state index contributed by atoms with van der Waals surface area (Å²) in [5.74, 6) is 2.19. The summed E-state index contributed by atoms with van der Waals surface area (Å²) in [6.07, 6.45) is 3.40. The van der Waals surface area contributed by atoms with Gasteiger partial charge in [-0.25, -0.2) is 0 Å². The minimum absolute atomic E-state index is 0.636.